The molecular formula is C8H17N3O2. The predicted octanol–water partition coefficient (Wildman–Crippen LogP) is -0.936. The van der Waals surface area contributed by atoms with Crippen LogP contribution in [-0.2, 0) is 0 Å². The Morgan fingerprint density at radius 2 is 2.31 bits per heavy atom. The summed E-state index contributed by atoms with van der Waals surface area (Å²) in [4.78, 5) is 14.4. The minimum Gasteiger partial charge on any atom is -0.396 e. The van der Waals surface area contributed by atoms with Gasteiger partial charge in [-0.1, -0.05) is 0 Å². The van der Waals surface area contributed by atoms with Crippen molar-refractivity contribution in [2.75, 3.05) is 33.3 Å². The maximum Gasteiger partial charge on any atom is 0.314 e. The number of rotatable bonds is 4. The molecule has 0 aromatic heterocycles. The van der Waals surface area contributed by atoms with Gasteiger partial charge < -0.3 is 15.7 Å². The first kappa shape index (κ1) is 10.3. The highest BCUT2D eigenvalue weighted by molar-refractivity contribution is 5.73. The summed E-state index contributed by atoms with van der Waals surface area (Å²) >= 11 is 0. The third-order valence-electron chi connectivity index (χ3n) is 2.47. The number of urea groups is 1. The molecule has 0 aromatic rings. The molecule has 5 nitrogen and oxygen atoms in total. The molecular weight excluding hydrogens is 170 g/mol. The van der Waals surface area contributed by atoms with Crippen LogP contribution in [0.4, 0.5) is 4.79 Å². The zero-order valence-electron chi connectivity index (χ0n) is 7.94. The van der Waals surface area contributed by atoms with Gasteiger partial charge in [0.2, 0.25) is 0 Å². The third-order valence-corrected chi connectivity index (χ3v) is 2.47. The van der Waals surface area contributed by atoms with Gasteiger partial charge in [-0.25, -0.2) is 4.79 Å². The van der Waals surface area contributed by atoms with Crippen LogP contribution >= 0.6 is 0 Å². The van der Waals surface area contributed by atoms with E-state index in [1.165, 1.54) is 0 Å². The number of amides is 2. The Morgan fingerprint density at radius 1 is 1.69 bits per heavy atom. The Bertz CT molecular complexity index is 180. The van der Waals surface area contributed by atoms with Crippen LogP contribution in [0.15, 0.2) is 0 Å². The van der Waals surface area contributed by atoms with Crippen molar-refractivity contribution < 1.29 is 9.90 Å². The maximum absolute atomic E-state index is 10.7. The summed E-state index contributed by atoms with van der Waals surface area (Å²) in [5, 5.41) is 8.62. The predicted molar refractivity (Wildman–Crippen MR) is 49.3 cm³/mol. The van der Waals surface area contributed by atoms with Crippen LogP contribution in [0.1, 0.15) is 6.42 Å². The fourth-order valence-electron chi connectivity index (χ4n) is 1.42. The largest absolute Gasteiger partial charge is 0.396 e. The van der Waals surface area contributed by atoms with Crippen molar-refractivity contribution in [3.63, 3.8) is 0 Å². The summed E-state index contributed by atoms with van der Waals surface area (Å²) in [7, 11) is 2.00. The summed E-state index contributed by atoms with van der Waals surface area (Å²) in [6.45, 7) is 2.53. The number of hydrogen-bond donors (Lipinski definition) is 2. The van der Waals surface area contributed by atoms with Gasteiger partial charge in [0, 0.05) is 32.3 Å². The SMILES string of the molecule is CN(CCCO)C1CN(C(N)=O)C1. The summed E-state index contributed by atoms with van der Waals surface area (Å²) in [6, 6.07) is 0.0749. The minimum absolute atomic E-state index is 0.219. The number of nitrogens with zero attached hydrogens (tertiary/aromatic N) is 2. The average molecular weight is 187 g/mol. The Hall–Kier alpha value is -0.810. The Morgan fingerprint density at radius 3 is 2.77 bits per heavy atom. The van der Waals surface area contributed by atoms with Crippen molar-refractivity contribution in [3.8, 4) is 0 Å². The molecule has 1 fully saturated rings. The lowest BCUT2D eigenvalue weighted by atomic mass is 10.1. The molecule has 1 aliphatic rings. The average Bonchev–Trinajstić information content (AvgIpc) is 1.97. The van der Waals surface area contributed by atoms with Crippen LogP contribution in [-0.4, -0.2) is 60.3 Å². The smallest absolute Gasteiger partial charge is 0.314 e. The van der Waals surface area contributed by atoms with Crippen molar-refractivity contribution in [3.05, 3.63) is 0 Å². The van der Waals surface area contributed by atoms with E-state index in [1.54, 1.807) is 4.90 Å². The topological polar surface area (TPSA) is 69.8 Å². The summed E-state index contributed by atoms with van der Waals surface area (Å²) in [5.74, 6) is 0. The molecule has 0 bridgehead atoms. The van der Waals surface area contributed by atoms with Crippen molar-refractivity contribution in [1.29, 1.82) is 0 Å². The van der Waals surface area contributed by atoms with E-state index in [0.717, 1.165) is 26.1 Å². The molecule has 5 heteroatoms. The lowest BCUT2D eigenvalue weighted by Crippen LogP contribution is -2.61. The quantitative estimate of drug-likeness (QED) is 0.597. The first-order chi connectivity index (χ1) is 6.15. The molecule has 0 saturated carbocycles. The number of likely N-dealkylation sites (N-methyl/N-ethyl adjacent to an activating group) is 1. The summed E-state index contributed by atoms with van der Waals surface area (Å²) < 4.78 is 0. The van der Waals surface area contributed by atoms with Gasteiger partial charge >= 0.3 is 6.03 Å². The van der Waals surface area contributed by atoms with Gasteiger partial charge in [-0.3, -0.25) is 4.90 Å². The number of aliphatic hydroxyl groups excluding tert-OH is 1. The molecule has 0 aliphatic carbocycles. The van der Waals surface area contributed by atoms with Crippen LogP contribution in [0.25, 0.3) is 0 Å². The van der Waals surface area contributed by atoms with Crippen LogP contribution in [0.3, 0.4) is 0 Å². The molecule has 0 unspecified atom stereocenters. The molecule has 0 aromatic carbocycles. The van der Waals surface area contributed by atoms with E-state index in [4.69, 9.17) is 10.8 Å². The fourth-order valence-corrected chi connectivity index (χ4v) is 1.42. The van der Waals surface area contributed by atoms with E-state index < -0.39 is 0 Å². The second kappa shape index (κ2) is 4.43. The Kier molecular flexibility index (Phi) is 3.50. The maximum atomic E-state index is 10.7. The van der Waals surface area contributed by atoms with E-state index in [9.17, 15) is 4.79 Å². The van der Waals surface area contributed by atoms with Gasteiger partial charge in [-0.2, -0.15) is 0 Å². The number of aliphatic hydroxyl groups is 1. The molecule has 1 heterocycles. The van der Waals surface area contributed by atoms with Gasteiger partial charge in [-0.05, 0) is 13.5 Å². The highest BCUT2D eigenvalue weighted by Crippen LogP contribution is 2.12. The second-order valence-electron chi connectivity index (χ2n) is 3.45. The van der Waals surface area contributed by atoms with Crippen molar-refractivity contribution >= 4 is 6.03 Å². The van der Waals surface area contributed by atoms with Crippen molar-refractivity contribution in [1.82, 2.24) is 9.80 Å². The monoisotopic (exact) mass is 187 g/mol. The summed E-state index contributed by atoms with van der Waals surface area (Å²) in [5.41, 5.74) is 5.09. The van der Waals surface area contributed by atoms with Crippen LogP contribution in [0.5, 0.6) is 0 Å². The van der Waals surface area contributed by atoms with E-state index in [0.29, 0.717) is 6.04 Å². The molecule has 3 N–H and O–H groups in total. The highest BCUT2D eigenvalue weighted by atomic mass is 16.3. The minimum atomic E-state index is -0.341. The number of hydrogen-bond acceptors (Lipinski definition) is 3. The fraction of sp³-hybridized carbons (Fsp3) is 0.875. The van der Waals surface area contributed by atoms with Crippen LogP contribution in [0, 0.1) is 0 Å². The molecule has 13 heavy (non-hydrogen) atoms. The van der Waals surface area contributed by atoms with E-state index in [2.05, 4.69) is 4.90 Å². The standard InChI is InChI=1S/C8H17N3O2/c1-10(3-2-4-12)7-5-11(6-7)8(9)13/h7,12H,2-6H2,1H3,(H2,9,13). The molecule has 1 saturated heterocycles. The molecule has 1 aliphatic heterocycles. The number of nitrogens with two attached hydrogens (primary N) is 1. The first-order valence-corrected chi connectivity index (χ1v) is 4.50. The van der Waals surface area contributed by atoms with E-state index in [-0.39, 0.29) is 12.6 Å². The first-order valence-electron chi connectivity index (χ1n) is 4.50. The molecule has 2 amide bonds. The van der Waals surface area contributed by atoms with E-state index >= 15 is 0 Å². The zero-order valence-corrected chi connectivity index (χ0v) is 7.94. The molecule has 1 rings (SSSR count). The molecule has 76 valence electrons. The highest BCUT2D eigenvalue weighted by Gasteiger charge is 2.31. The van der Waals surface area contributed by atoms with Crippen molar-refractivity contribution in [2.24, 2.45) is 5.73 Å². The lowest BCUT2D eigenvalue weighted by molar-refractivity contribution is 0.0728. The van der Waals surface area contributed by atoms with Gasteiger partial charge in [-0.15, -0.1) is 0 Å². The van der Waals surface area contributed by atoms with E-state index in [1.807, 2.05) is 7.05 Å². The number of carbonyl (C=O) groups excluding carboxylic acids is 1. The van der Waals surface area contributed by atoms with Crippen LogP contribution in [0.2, 0.25) is 0 Å². The zero-order chi connectivity index (χ0) is 9.84. The summed E-state index contributed by atoms with van der Waals surface area (Å²) in [6.07, 6.45) is 0.781. The Balaban J connectivity index is 2.15. The lowest BCUT2D eigenvalue weighted by Gasteiger charge is -2.43. The number of primary amides is 1. The van der Waals surface area contributed by atoms with Gasteiger partial charge in [0.1, 0.15) is 0 Å². The molecule has 0 radical (unpaired) electrons. The molecule has 0 atom stereocenters. The normalized spacial score (nSPS) is 17.6. The number of carbonyl (C=O) groups is 1. The third kappa shape index (κ3) is 2.57. The Labute approximate surface area is 78.1 Å². The molecule has 0 spiro atoms. The van der Waals surface area contributed by atoms with Gasteiger partial charge in [0.05, 0.1) is 0 Å². The number of likely N-dealkylation sites (tertiary alicyclic amines) is 1. The second-order valence-corrected chi connectivity index (χ2v) is 3.45. The van der Waals surface area contributed by atoms with Gasteiger partial charge in [0.25, 0.3) is 0 Å². The van der Waals surface area contributed by atoms with Crippen LogP contribution < -0.4 is 5.73 Å². The van der Waals surface area contributed by atoms with Crippen molar-refractivity contribution in [2.45, 2.75) is 12.5 Å². The van der Waals surface area contributed by atoms with Gasteiger partial charge in [0.15, 0.2) is 0 Å².